The summed E-state index contributed by atoms with van der Waals surface area (Å²) in [6, 6.07) is 8.82. The van der Waals surface area contributed by atoms with Gasteiger partial charge in [0, 0.05) is 37.9 Å². The first kappa shape index (κ1) is 35.0. The van der Waals surface area contributed by atoms with Crippen molar-refractivity contribution in [2.75, 3.05) is 13.1 Å². The molecule has 1 amide bonds. The third-order valence-corrected chi connectivity index (χ3v) is 9.70. The first-order valence-electron chi connectivity index (χ1n) is 15.3. The number of amides is 1. The molecule has 44 heavy (non-hydrogen) atoms. The zero-order chi connectivity index (χ0) is 32.7. The van der Waals surface area contributed by atoms with Crippen molar-refractivity contribution in [1.82, 2.24) is 4.90 Å². The molecule has 1 atom stereocenters. The number of amidine groups is 1. The predicted octanol–water partition coefficient (Wildman–Crippen LogP) is 5.27. The zero-order valence-corrected chi connectivity index (χ0v) is 27.8. The highest BCUT2D eigenvalue weighted by molar-refractivity contribution is 7.90. The highest BCUT2D eigenvalue weighted by Crippen LogP contribution is 2.44. The fourth-order valence-electron chi connectivity index (χ4n) is 5.53. The fourth-order valence-corrected chi connectivity index (χ4v) is 7.07. The number of nitrogens with two attached hydrogens (primary N) is 2. The molecule has 0 bridgehead atoms. The molecule has 3 rings (SSSR count). The largest absolute Gasteiger partial charge is 0.487 e. The number of hydrogen-bond donors (Lipinski definition) is 2. The highest BCUT2D eigenvalue weighted by Gasteiger charge is 2.36. The minimum atomic E-state index is -4.02. The summed E-state index contributed by atoms with van der Waals surface area (Å²) in [5.74, 6) is 0.709. The Bertz CT molecular complexity index is 1470. The van der Waals surface area contributed by atoms with E-state index in [1.807, 2.05) is 58.0 Å². The molecule has 242 valence electrons. The lowest BCUT2D eigenvalue weighted by molar-refractivity contribution is -0.120. The normalized spacial score (nSPS) is 14.9. The van der Waals surface area contributed by atoms with E-state index in [1.165, 1.54) is 0 Å². The molecule has 4 N–H and O–H groups in total. The Balaban J connectivity index is 1.44. The number of rotatable bonds is 15. The van der Waals surface area contributed by atoms with Gasteiger partial charge in [-0.25, -0.2) is 4.79 Å². The lowest BCUT2D eigenvalue weighted by Crippen LogP contribution is -2.34. The van der Waals surface area contributed by atoms with Crippen molar-refractivity contribution in [1.29, 1.82) is 0 Å². The van der Waals surface area contributed by atoms with Crippen LogP contribution in [0.1, 0.15) is 87.1 Å². The van der Waals surface area contributed by atoms with E-state index in [0.717, 1.165) is 22.4 Å². The van der Waals surface area contributed by atoms with Gasteiger partial charge in [-0.15, -0.1) is 4.40 Å². The van der Waals surface area contributed by atoms with Crippen LogP contribution in [0.3, 0.4) is 0 Å². The summed E-state index contributed by atoms with van der Waals surface area (Å²) >= 11 is 0. The molecule has 0 saturated heterocycles. The van der Waals surface area contributed by atoms with E-state index in [-0.39, 0.29) is 36.0 Å². The van der Waals surface area contributed by atoms with E-state index >= 15 is 0 Å². The SMILES string of the molecule is CCN(CCCC(=O)[C@@H](N)CCCC/C(N)=N/S(=O)(=O)c1c(C)c(C)c2c(c1C)CC(C)(C)O2)C(=O)OCc1ccccc1. The van der Waals surface area contributed by atoms with Gasteiger partial charge in [0.15, 0.2) is 0 Å². The van der Waals surface area contributed by atoms with Crippen LogP contribution in [-0.2, 0) is 32.6 Å². The van der Waals surface area contributed by atoms with Crippen molar-refractivity contribution in [3.05, 3.63) is 58.1 Å². The molecule has 0 aliphatic carbocycles. The van der Waals surface area contributed by atoms with Gasteiger partial charge in [-0.1, -0.05) is 36.8 Å². The fraction of sp³-hybridized carbons (Fsp3) is 0.545. The Morgan fingerprint density at radius 1 is 1.05 bits per heavy atom. The number of sulfonamides is 1. The van der Waals surface area contributed by atoms with Crippen molar-refractivity contribution >= 4 is 27.7 Å². The third kappa shape index (κ3) is 9.04. The van der Waals surface area contributed by atoms with E-state index in [2.05, 4.69) is 4.40 Å². The van der Waals surface area contributed by atoms with E-state index < -0.39 is 27.8 Å². The molecule has 0 spiro atoms. The van der Waals surface area contributed by atoms with Gasteiger partial charge in [0.2, 0.25) is 0 Å². The van der Waals surface area contributed by atoms with Gasteiger partial charge in [0.05, 0.1) is 10.9 Å². The molecule has 1 aliphatic rings. The lowest BCUT2D eigenvalue weighted by atomic mass is 9.94. The molecule has 0 aromatic heterocycles. The van der Waals surface area contributed by atoms with Crippen molar-refractivity contribution in [3.63, 3.8) is 0 Å². The number of fused-ring (bicyclic) bond motifs is 1. The molecule has 11 heteroatoms. The number of ketones is 1. The van der Waals surface area contributed by atoms with Crippen LogP contribution in [0.4, 0.5) is 4.79 Å². The first-order valence-corrected chi connectivity index (χ1v) is 16.8. The Kier molecular flexibility index (Phi) is 12.0. The third-order valence-electron chi connectivity index (χ3n) is 8.10. The van der Waals surface area contributed by atoms with E-state index in [4.69, 9.17) is 20.9 Å². The van der Waals surface area contributed by atoms with Crippen LogP contribution < -0.4 is 16.2 Å². The molecule has 0 fully saturated rings. The van der Waals surface area contributed by atoms with Gasteiger partial charge < -0.3 is 25.8 Å². The monoisotopic (exact) mass is 628 g/mol. The first-order chi connectivity index (χ1) is 20.7. The van der Waals surface area contributed by atoms with Crippen molar-refractivity contribution < 1.29 is 27.5 Å². The van der Waals surface area contributed by atoms with Crippen molar-refractivity contribution in [3.8, 4) is 5.75 Å². The minimum absolute atomic E-state index is 0.0252. The van der Waals surface area contributed by atoms with Gasteiger partial charge >= 0.3 is 6.09 Å². The molecule has 0 saturated carbocycles. The maximum Gasteiger partial charge on any atom is 0.410 e. The van der Waals surface area contributed by atoms with Gasteiger partial charge in [0.1, 0.15) is 29.6 Å². The molecular formula is C33H48N4O6S. The maximum atomic E-state index is 13.3. The second-order valence-electron chi connectivity index (χ2n) is 12.2. The second kappa shape index (κ2) is 15.0. The molecule has 0 radical (unpaired) electrons. The number of benzene rings is 2. The molecule has 2 aromatic rings. The topological polar surface area (TPSA) is 154 Å². The Morgan fingerprint density at radius 3 is 2.39 bits per heavy atom. The number of ether oxygens (including phenoxy) is 2. The summed E-state index contributed by atoms with van der Waals surface area (Å²) in [5, 5.41) is 0. The van der Waals surface area contributed by atoms with Crippen LogP contribution in [0, 0.1) is 20.8 Å². The number of unbranched alkanes of at least 4 members (excludes halogenated alkanes) is 1. The summed E-state index contributed by atoms with van der Waals surface area (Å²) in [5.41, 5.74) is 15.7. The van der Waals surface area contributed by atoms with Gasteiger partial charge in [-0.2, -0.15) is 8.42 Å². The predicted molar refractivity (Wildman–Crippen MR) is 172 cm³/mol. The molecule has 1 heterocycles. The van der Waals surface area contributed by atoms with Crippen LogP contribution >= 0.6 is 0 Å². The summed E-state index contributed by atoms with van der Waals surface area (Å²) < 4.78 is 42.1. The molecule has 2 aromatic carbocycles. The zero-order valence-electron chi connectivity index (χ0n) is 26.9. The number of Topliss-reactive ketones (excluding diaryl/α,β-unsaturated/α-hetero) is 1. The van der Waals surface area contributed by atoms with Crippen molar-refractivity contribution in [2.45, 2.75) is 110 Å². The standard InChI is InChI=1S/C33H48N4O6S/c1-7-37(32(39)42-21-25-14-9-8-10-15-25)19-13-17-28(38)27(34)16-11-12-18-29(35)36-44(40,41)31-23(3)22(2)30-26(24(31)4)20-33(5,6)43-30/h8-10,14-15,27H,7,11-13,16-21,34H2,1-6H3,(H2,35,36)/t27-/m0/s1. The molecule has 10 nitrogen and oxygen atoms in total. The molecular weight excluding hydrogens is 580 g/mol. The summed E-state index contributed by atoms with van der Waals surface area (Å²) in [4.78, 5) is 26.7. The molecule has 1 aliphatic heterocycles. The van der Waals surface area contributed by atoms with Crippen molar-refractivity contribution in [2.24, 2.45) is 15.9 Å². The number of carbonyl (C=O) groups is 2. The number of nitrogens with zero attached hydrogens (tertiary/aromatic N) is 2. The Labute approximate surface area is 262 Å². The van der Waals surface area contributed by atoms with Gasteiger partial charge in [-0.05, 0) is 83.1 Å². The molecule has 0 unspecified atom stereocenters. The number of hydrogen-bond acceptors (Lipinski definition) is 7. The smallest absolute Gasteiger partial charge is 0.410 e. The Hall–Kier alpha value is -3.44. The van der Waals surface area contributed by atoms with E-state index in [1.54, 1.807) is 18.7 Å². The second-order valence-corrected chi connectivity index (χ2v) is 13.7. The lowest BCUT2D eigenvalue weighted by Gasteiger charge is -2.20. The van der Waals surface area contributed by atoms with Gasteiger partial charge in [-0.3, -0.25) is 4.79 Å². The van der Waals surface area contributed by atoms with E-state index in [9.17, 15) is 18.0 Å². The summed E-state index contributed by atoms with van der Waals surface area (Å²) in [6.45, 7) is 12.3. The van der Waals surface area contributed by atoms with Crippen LogP contribution in [0.5, 0.6) is 5.75 Å². The summed E-state index contributed by atoms with van der Waals surface area (Å²) in [7, 11) is -4.02. The van der Waals surface area contributed by atoms with Gasteiger partial charge in [0.25, 0.3) is 10.0 Å². The van der Waals surface area contributed by atoms with E-state index in [0.29, 0.717) is 56.3 Å². The summed E-state index contributed by atoms with van der Waals surface area (Å²) in [6.07, 6.45) is 2.82. The van der Waals surface area contributed by atoms with Crippen LogP contribution in [0.2, 0.25) is 0 Å². The van der Waals surface area contributed by atoms with Crippen LogP contribution in [-0.4, -0.2) is 55.8 Å². The average molecular weight is 629 g/mol. The minimum Gasteiger partial charge on any atom is -0.487 e. The number of carbonyl (C=O) groups excluding carboxylic acids is 2. The highest BCUT2D eigenvalue weighted by atomic mass is 32.2. The average Bonchev–Trinajstić information content (AvgIpc) is 3.30. The van der Waals surface area contributed by atoms with Crippen LogP contribution in [0.25, 0.3) is 0 Å². The maximum absolute atomic E-state index is 13.3. The Morgan fingerprint density at radius 2 is 1.73 bits per heavy atom. The van der Waals surface area contributed by atoms with Crippen LogP contribution in [0.15, 0.2) is 39.6 Å². The quantitative estimate of drug-likeness (QED) is 0.154.